The Bertz CT molecular complexity index is 1160. The van der Waals surface area contributed by atoms with Crippen LogP contribution in [0.3, 0.4) is 0 Å². The Morgan fingerprint density at radius 1 is 1.03 bits per heavy atom. The Kier molecular flexibility index (Phi) is 7.92. The Hall–Kier alpha value is -3.52. The minimum absolute atomic E-state index is 0.112. The quantitative estimate of drug-likeness (QED) is 0.357. The van der Waals surface area contributed by atoms with Gasteiger partial charge in [0, 0.05) is 30.9 Å². The second kappa shape index (κ2) is 11.3. The first kappa shape index (κ1) is 24.6. The highest BCUT2D eigenvalue weighted by atomic mass is 16.5. The molecule has 3 aromatic rings. The second-order valence-corrected chi connectivity index (χ2v) is 8.32. The number of para-hydroxylation sites is 1. The lowest BCUT2D eigenvalue weighted by Crippen LogP contribution is -2.31. The number of nitrogens with zero attached hydrogens (tertiary/aromatic N) is 2. The van der Waals surface area contributed by atoms with Gasteiger partial charge in [0.15, 0.2) is 11.5 Å². The number of phenols is 1. The normalized spacial score (nSPS) is 14.9. The van der Waals surface area contributed by atoms with Gasteiger partial charge in [-0.1, -0.05) is 25.1 Å². The third kappa shape index (κ3) is 4.98. The molecule has 2 heterocycles. The zero-order valence-electron chi connectivity index (χ0n) is 20.5. The van der Waals surface area contributed by atoms with Crippen LogP contribution in [-0.4, -0.2) is 59.1 Å². The number of carbonyl (C=O) groups is 1. The van der Waals surface area contributed by atoms with E-state index in [9.17, 15) is 9.90 Å². The number of amides is 1. The average Bonchev–Trinajstić information content (AvgIpc) is 3.40. The van der Waals surface area contributed by atoms with E-state index < -0.39 is 6.04 Å². The molecule has 0 radical (unpaired) electrons. The van der Waals surface area contributed by atoms with Gasteiger partial charge in [-0.3, -0.25) is 9.89 Å². The molecule has 0 fully saturated rings. The molecule has 4 rings (SSSR count). The molecular formula is C27H33N3O5. The van der Waals surface area contributed by atoms with Crippen molar-refractivity contribution in [2.75, 3.05) is 33.0 Å². The number of H-pyrrole nitrogens is 1. The minimum atomic E-state index is -0.396. The number of aromatic amines is 1. The van der Waals surface area contributed by atoms with Crippen LogP contribution in [0.15, 0.2) is 42.5 Å². The summed E-state index contributed by atoms with van der Waals surface area (Å²) in [7, 11) is 0. The first-order valence-corrected chi connectivity index (χ1v) is 12.2. The summed E-state index contributed by atoms with van der Waals surface area (Å²) in [4.78, 5) is 15.3. The molecule has 2 N–H and O–H groups in total. The number of benzene rings is 2. The van der Waals surface area contributed by atoms with Gasteiger partial charge >= 0.3 is 0 Å². The second-order valence-electron chi connectivity index (χ2n) is 8.32. The van der Waals surface area contributed by atoms with Crippen molar-refractivity contribution < 1.29 is 24.1 Å². The predicted molar refractivity (Wildman–Crippen MR) is 133 cm³/mol. The van der Waals surface area contributed by atoms with Crippen molar-refractivity contribution in [3.8, 4) is 28.5 Å². The molecule has 1 aliphatic heterocycles. The molecule has 8 heteroatoms. The first-order valence-electron chi connectivity index (χ1n) is 12.2. The zero-order chi connectivity index (χ0) is 24.8. The maximum absolute atomic E-state index is 13.5. The van der Waals surface area contributed by atoms with E-state index in [0.29, 0.717) is 67.8 Å². The third-order valence-corrected chi connectivity index (χ3v) is 5.96. The number of rotatable bonds is 12. The molecule has 0 aliphatic carbocycles. The Morgan fingerprint density at radius 3 is 2.60 bits per heavy atom. The van der Waals surface area contributed by atoms with E-state index >= 15 is 0 Å². The molecule has 0 spiro atoms. The summed E-state index contributed by atoms with van der Waals surface area (Å²) in [6.07, 6.45) is 1.59. The standard InChI is InChI=1S/C27H33N3O5/c1-4-15-35-21-13-12-18(17-22(21)34-6-3)26-23-24(19-10-7-8-11-20(19)31)28-29-25(23)27(32)30(26)14-9-16-33-5-2/h7-8,10-13,17,26,31H,4-6,9,14-16H2,1-3H3,(H,28,29)/t26-/m1/s1. The molecule has 1 amide bonds. The summed E-state index contributed by atoms with van der Waals surface area (Å²) in [5.74, 6) is 1.31. The van der Waals surface area contributed by atoms with E-state index in [-0.39, 0.29) is 11.7 Å². The Morgan fingerprint density at radius 2 is 1.86 bits per heavy atom. The average molecular weight is 480 g/mol. The molecule has 0 bridgehead atoms. The Labute approximate surface area is 205 Å². The van der Waals surface area contributed by atoms with Crippen LogP contribution < -0.4 is 9.47 Å². The van der Waals surface area contributed by atoms with Crippen LogP contribution in [0.25, 0.3) is 11.3 Å². The number of ether oxygens (including phenoxy) is 3. The number of aromatic nitrogens is 2. The molecule has 0 unspecified atom stereocenters. The molecule has 2 aromatic carbocycles. The summed E-state index contributed by atoms with van der Waals surface area (Å²) in [6, 6.07) is 12.4. The highest BCUT2D eigenvalue weighted by molar-refractivity contribution is 6.00. The maximum Gasteiger partial charge on any atom is 0.273 e. The van der Waals surface area contributed by atoms with E-state index in [1.165, 1.54) is 0 Å². The number of hydrogen-bond donors (Lipinski definition) is 2. The highest BCUT2D eigenvalue weighted by Crippen LogP contribution is 2.45. The Balaban J connectivity index is 1.79. The summed E-state index contributed by atoms with van der Waals surface area (Å²) in [5, 5.41) is 17.9. The number of carbonyl (C=O) groups excluding carboxylic acids is 1. The fourth-order valence-corrected chi connectivity index (χ4v) is 4.43. The topological polar surface area (TPSA) is 96.9 Å². The largest absolute Gasteiger partial charge is 0.507 e. The number of phenolic OH excluding ortho intramolecular Hbond substituents is 1. The van der Waals surface area contributed by atoms with Crippen LogP contribution in [0.2, 0.25) is 0 Å². The fraction of sp³-hybridized carbons (Fsp3) is 0.407. The van der Waals surface area contributed by atoms with Gasteiger partial charge in [-0.05, 0) is 56.5 Å². The maximum atomic E-state index is 13.5. The van der Waals surface area contributed by atoms with Gasteiger partial charge in [0.05, 0.1) is 19.3 Å². The van der Waals surface area contributed by atoms with E-state index in [4.69, 9.17) is 14.2 Å². The first-order chi connectivity index (χ1) is 17.1. The number of hydrogen-bond acceptors (Lipinski definition) is 6. The molecule has 186 valence electrons. The van der Waals surface area contributed by atoms with E-state index in [1.807, 2.05) is 43.0 Å². The van der Waals surface area contributed by atoms with Gasteiger partial charge < -0.3 is 24.2 Å². The van der Waals surface area contributed by atoms with Gasteiger partial charge in [-0.15, -0.1) is 0 Å². The smallest absolute Gasteiger partial charge is 0.273 e. The summed E-state index contributed by atoms with van der Waals surface area (Å²) in [5.41, 5.74) is 3.21. The van der Waals surface area contributed by atoms with E-state index in [2.05, 4.69) is 17.1 Å². The number of nitrogens with one attached hydrogen (secondary N) is 1. The molecular weight excluding hydrogens is 446 g/mol. The SMILES string of the molecule is CCCOc1ccc([C@@H]2c3c(-c4ccccc4O)n[nH]c3C(=O)N2CCCOCC)cc1OCC. The minimum Gasteiger partial charge on any atom is -0.507 e. The molecule has 35 heavy (non-hydrogen) atoms. The fourth-order valence-electron chi connectivity index (χ4n) is 4.43. The van der Waals surface area contributed by atoms with E-state index in [1.54, 1.807) is 18.2 Å². The van der Waals surface area contributed by atoms with E-state index in [0.717, 1.165) is 17.5 Å². The lowest BCUT2D eigenvalue weighted by molar-refractivity contribution is 0.0710. The summed E-state index contributed by atoms with van der Waals surface area (Å²) in [6.45, 7) is 8.75. The summed E-state index contributed by atoms with van der Waals surface area (Å²) < 4.78 is 17.3. The van der Waals surface area contributed by atoms with Gasteiger partial charge in [0.25, 0.3) is 5.91 Å². The van der Waals surface area contributed by atoms with Crippen LogP contribution in [-0.2, 0) is 4.74 Å². The zero-order valence-corrected chi connectivity index (χ0v) is 20.5. The van der Waals surface area contributed by atoms with Gasteiger partial charge in [0.2, 0.25) is 0 Å². The van der Waals surface area contributed by atoms with Gasteiger partial charge in [0.1, 0.15) is 17.1 Å². The van der Waals surface area contributed by atoms with Crippen LogP contribution in [0.1, 0.15) is 61.3 Å². The molecule has 1 aromatic heterocycles. The lowest BCUT2D eigenvalue weighted by Gasteiger charge is -2.27. The molecule has 0 saturated heterocycles. The van der Waals surface area contributed by atoms with Crippen molar-refractivity contribution in [3.63, 3.8) is 0 Å². The van der Waals surface area contributed by atoms with Gasteiger partial charge in [-0.2, -0.15) is 5.10 Å². The molecule has 1 atom stereocenters. The van der Waals surface area contributed by atoms with Crippen molar-refractivity contribution in [2.24, 2.45) is 0 Å². The van der Waals surface area contributed by atoms with Crippen molar-refractivity contribution >= 4 is 5.91 Å². The molecule has 8 nitrogen and oxygen atoms in total. The monoisotopic (exact) mass is 479 g/mol. The van der Waals surface area contributed by atoms with Crippen molar-refractivity contribution in [1.29, 1.82) is 0 Å². The van der Waals surface area contributed by atoms with Gasteiger partial charge in [-0.25, -0.2) is 0 Å². The molecule has 0 saturated carbocycles. The van der Waals surface area contributed by atoms with Crippen molar-refractivity contribution in [1.82, 2.24) is 15.1 Å². The third-order valence-electron chi connectivity index (χ3n) is 5.96. The predicted octanol–water partition coefficient (Wildman–Crippen LogP) is 4.94. The number of fused-ring (bicyclic) bond motifs is 1. The highest BCUT2D eigenvalue weighted by Gasteiger charge is 2.42. The van der Waals surface area contributed by atoms with Crippen LogP contribution >= 0.6 is 0 Å². The van der Waals surface area contributed by atoms with Crippen molar-refractivity contribution in [3.05, 3.63) is 59.3 Å². The molecule has 1 aliphatic rings. The van der Waals surface area contributed by atoms with Crippen LogP contribution in [0, 0.1) is 0 Å². The van der Waals surface area contributed by atoms with Crippen LogP contribution in [0.4, 0.5) is 0 Å². The number of aromatic hydroxyl groups is 1. The van der Waals surface area contributed by atoms with Crippen molar-refractivity contribution in [2.45, 2.75) is 39.7 Å². The lowest BCUT2D eigenvalue weighted by atomic mass is 9.95. The summed E-state index contributed by atoms with van der Waals surface area (Å²) >= 11 is 0. The van der Waals surface area contributed by atoms with Crippen LogP contribution in [0.5, 0.6) is 17.2 Å².